The van der Waals surface area contributed by atoms with Crippen LogP contribution < -0.4 is 5.32 Å². The van der Waals surface area contributed by atoms with Gasteiger partial charge in [-0.2, -0.15) is 0 Å². The number of carbonyl (C=O) groups excluding carboxylic acids is 2. The Bertz CT molecular complexity index is 822. The highest BCUT2D eigenvalue weighted by Gasteiger charge is 2.19. The minimum Gasteiger partial charge on any atom is -0.452 e. The summed E-state index contributed by atoms with van der Waals surface area (Å²) in [5.41, 5.74) is 0.790. The smallest absolute Gasteiger partial charge is 0.339 e. The molecule has 8 heteroatoms. The molecule has 0 radical (unpaired) electrons. The second-order valence-corrected chi connectivity index (χ2v) is 5.56. The molecule has 0 atom stereocenters. The maximum atomic E-state index is 12.0. The van der Waals surface area contributed by atoms with Crippen LogP contribution in [-0.4, -0.2) is 23.4 Å². The molecule has 1 N–H and O–H groups in total. The summed E-state index contributed by atoms with van der Waals surface area (Å²) in [4.78, 5) is 34.1. The molecule has 130 valence electrons. The van der Waals surface area contributed by atoms with Gasteiger partial charge in [0, 0.05) is 23.2 Å². The maximum absolute atomic E-state index is 12.0. The van der Waals surface area contributed by atoms with Gasteiger partial charge in [-0.15, -0.1) is 0 Å². The third kappa shape index (κ3) is 4.77. The number of carbonyl (C=O) groups is 2. The van der Waals surface area contributed by atoms with Crippen molar-refractivity contribution < 1.29 is 19.2 Å². The van der Waals surface area contributed by atoms with Crippen molar-refractivity contribution in [2.75, 3.05) is 6.61 Å². The number of nitrogens with one attached hydrogen (secondary N) is 1. The number of nitrogens with zero attached hydrogens (tertiary/aromatic N) is 1. The summed E-state index contributed by atoms with van der Waals surface area (Å²) in [6.07, 6.45) is 0. The molecule has 2 rings (SSSR count). The SMILES string of the molecule is Cc1c(C(=O)OCC(=O)NCc2ccccc2Cl)cccc1[N+](=O)[O-]. The van der Waals surface area contributed by atoms with Gasteiger partial charge in [-0.05, 0) is 24.6 Å². The molecule has 0 aliphatic rings. The van der Waals surface area contributed by atoms with Gasteiger partial charge in [-0.3, -0.25) is 14.9 Å². The Kier molecular flexibility index (Phi) is 6.08. The van der Waals surface area contributed by atoms with Crippen molar-refractivity contribution in [3.8, 4) is 0 Å². The fourth-order valence-electron chi connectivity index (χ4n) is 2.14. The minimum absolute atomic E-state index is 0.0492. The highest BCUT2D eigenvalue weighted by molar-refractivity contribution is 6.31. The number of nitro benzene ring substituents is 1. The molecule has 0 unspecified atom stereocenters. The number of rotatable bonds is 6. The van der Waals surface area contributed by atoms with Crippen LogP contribution in [0.2, 0.25) is 5.02 Å². The van der Waals surface area contributed by atoms with Gasteiger partial charge < -0.3 is 10.1 Å². The Hall–Kier alpha value is -2.93. The van der Waals surface area contributed by atoms with E-state index in [1.165, 1.54) is 25.1 Å². The van der Waals surface area contributed by atoms with E-state index in [0.29, 0.717) is 5.02 Å². The average molecular weight is 363 g/mol. The van der Waals surface area contributed by atoms with Gasteiger partial charge in [0.15, 0.2) is 6.61 Å². The number of esters is 1. The highest BCUT2D eigenvalue weighted by Crippen LogP contribution is 2.21. The first-order valence-corrected chi connectivity index (χ1v) is 7.69. The topological polar surface area (TPSA) is 98.5 Å². The van der Waals surface area contributed by atoms with Crippen LogP contribution in [0.5, 0.6) is 0 Å². The number of hydrogen-bond acceptors (Lipinski definition) is 5. The van der Waals surface area contributed by atoms with Gasteiger partial charge in [-0.1, -0.05) is 35.9 Å². The molecular weight excluding hydrogens is 348 g/mol. The monoisotopic (exact) mass is 362 g/mol. The van der Waals surface area contributed by atoms with E-state index < -0.39 is 23.4 Å². The van der Waals surface area contributed by atoms with Gasteiger partial charge in [0.2, 0.25) is 0 Å². The molecule has 2 aromatic carbocycles. The second kappa shape index (κ2) is 8.25. The van der Waals surface area contributed by atoms with E-state index in [1.54, 1.807) is 24.3 Å². The Labute approximate surface area is 148 Å². The molecule has 0 bridgehead atoms. The number of amides is 1. The Morgan fingerprint density at radius 2 is 1.92 bits per heavy atom. The molecule has 7 nitrogen and oxygen atoms in total. The van der Waals surface area contributed by atoms with Crippen LogP contribution in [0.15, 0.2) is 42.5 Å². The number of benzene rings is 2. The largest absolute Gasteiger partial charge is 0.452 e. The van der Waals surface area contributed by atoms with Crippen LogP contribution in [0.1, 0.15) is 21.5 Å². The van der Waals surface area contributed by atoms with E-state index in [4.69, 9.17) is 16.3 Å². The van der Waals surface area contributed by atoms with Crippen LogP contribution in [0.25, 0.3) is 0 Å². The van der Waals surface area contributed by atoms with Gasteiger partial charge in [0.05, 0.1) is 10.5 Å². The first kappa shape index (κ1) is 18.4. The lowest BCUT2D eigenvalue weighted by Crippen LogP contribution is -2.28. The highest BCUT2D eigenvalue weighted by atomic mass is 35.5. The van der Waals surface area contributed by atoms with Crippen molar-refractivity contribution in [3.05, 3.63) is 74.3 Å². The molecule has 2 aromatic rings. The lowest BCUT2D eigenvalue weighted by atomic mass is 10.1. The molecule has 1 amide bonds. The summed E-state index contributed by atoms with van der Waals surface area (Å²) in [5, 5.41) is 14.0. The van der Waals surface area contributed by atoms with E-state index in [0.717, 1.165) is 5.56 Å². The Morgan fingerprint density at radius 1 is 1.20 bits per heavy atom. The zero-order valence-corrected chi connectivity index (χ0v) is 14.1. The molecular formula is C17H15ClN2O5. The third-order valence-corrected chi connectivity index (χ3v) is 3.86. The van der Waals surface area contributed by atoms with Crippen molar-refractivity contribution in [3.63, 3.8) is 0 Å². The number of halogens is 1. The lowest BCUT2D eigenvalue weighted by molar-refractivity contribution is -0.385. The number of ether oxygens (including phenoxy) is 1. The average Bonchev–Trinajstić information content (AvgIpc) is 2.59. The first-order chi connectivity index (χ1) is 11.9. The van der Waals surface area contributed by atoms with Crippen molar-refractivity contribution in [2.45, 2.75) is 13.5 Å². The predicted octanol–water partition coefficient (Wildman–Crippen LogP) is 3.03. The van der Waals surface area contributed by atoms with Crippen LogP contribution in [0.4, 0.5) is 5.69 Å². The molecule has 0 aromatic heterocycles. The van der Waals surface area contributed by atoms with E-state index >= 15 is 0 Å². The van der Waals surface area contributed by atoms with Gasteiger partial charge in [0.25, 0.3) is 11.6 Å². The van der Waals surface area contributed by atoms with Crippen molar-refractivity contribution in [1.29, 1.82) is 0 Å². The fourth-order valence-corrected chi connectivity index (χ4v) is 2.34. The zero-order chi connectivity index (χ0) is 18.4. The molecule has 0 saturated heterocycles. The Balaban J connectivity index is 1.92. The molecule has 0 fully saturated rings. The van der Waals surface area contributed by atoms with Gasteiger partial charge in [0.1, 0.15) is 0 Å². The third-order valence-electron chi connectivity index (χ3n) is 3.49. The molecule has 0 aliphatic heterocycles. The molecule has 0 heterocycles. The van der Waals surface area contributed by atoms with E-state index in [1.807, 2.05) is 0 Å². The summed E-state index contributed by atoms with van der Waals surface area (Å²) < 4.78 is 4.92. The molecule has 25 heavy (non-hydrogen) atoms. The molecule has 0 spiro atoms. The van der Waals surface area contributed by atoms with Crippen LogP contribution in [0, 0.1) is 17.0 Å². The lowest BCUT2D eigenvalue weighted by Gasteiger charge is -2.09. The first-order valence-electron chi connectivity index (χ1n) is 7.31. The standard InChI is InChI=1S/C17H15ClN2O5/c1-11-13(6-4-8-15(11)20(23)24)17(22)25-10-16(21)19-9-12-5-2-3-7-14(12)18/h2-8H,9-10H2,1H3,(H,19,21). The summed E-state index contributed by atoms with van der Waals surface area (Å²) in [5.74, 6) is -1.30. The summed E-state index contributed by atoms with van der Waals surface area (Å²) in [6, 6.07) is 11.1. The van der Waals surface area contributed by atoms with Crippen molar-refractivity contribution in [1.82, 2.24) is 5.32 Å². The summed E-state index contributed by atoms with van der Waals surface area (Å²) in [7, 11) is 0. The normalized spacial score (nSPS) is 10.2. The van der Waals surface area contributed by atoms with Crippen LogP contribution >= 0.6 is 11.6 Å². The van der Waals surface area contributed by atoms with Crippen molar-refractivity contribution >= 4 is 29.2 Å². The van der Waals surface area contributed by atoms with E-state index in [2.05, 4.69) is 5.32 Å². The molecule has 0 aliphatic carbocycles. The summed E-state index contributed by atoms with van der Waals surface area (Å²) >= 11 is 5.98. The zero-order valence-electron chi connectivity index (χ0n) is 13.3. The second-order valence-electron chi connectivity index (χ2n) is 5.15. The van der Waals surface area contributed by atoms with Crippen molar-refractivity contribution in [2.24, 2.45) is 0 Å². The summed E-state index contributed by atoms with van der Waals surface area (Å²) in [6.45, 7) is 1.16. The van der Waals surface area contributed by atoms with Gasteiger partial charge >= 0.3 is 5.97 Å². The quantitative estimate of drug-likeness (QED) is 0.483. The number of hydrogen-bond donors (Lipinski definition) is 1. The van der Waals surface area contributed by atoms with Crippen LogP contribution in [-0.2, 0) is 16.1 Å². The van der Waals surface area contributed by atoms with Crippen LogP contribution in [0.3, 0.4) is 0 Å². The number of nitro groups is 1. The maximum Gasteiger partial charge on any atom is 0.339 e. The predicted molar refractivity (Wildman–Crippen MR) is 91.4 cm³/mol. The fraction of sp³-hybridized carbons (Fsp3) is 0.176. The molecule has 0 saturated carbocycles. The van der Waals surface area contributed by atoms with Gasteiger partial charge in [-0.25, -0.2) is 4.79 Å². The Morgan fingerprint density at radius 3 is 2.60 bits per heavy atom. The van der Waals surface area contributed by atoms with E-state index in [9.17, 15) is 19.7 Å². The van der Waals surface area contributed by atoms with E-state index in [-0.39, 0.29) is 23.4 Å². The minimum atomic E-state index is -0.797.